The molecule has 0 spiro atoms. The fraction of sp³-hybridized carbons (Fsp3) is 0.500. The molecule has 0 aliphatic carbocycles. The second-order valence-electron chi connectivity index (χ2n) is 6.12. The molecule has 1 aromatic heterocycles. The van der Waals surface area contributed by atoms with Gasteiger partial charge in [0.15, 0.2) is 0 Å². The molecule has 2 rings (SSSR count). The fourth-order valence-electron chi connectivity index (χ4n) is 2.87. The number of aromatic nitrogens is 2. The number of para-hydroxylation sites is 2. The summed E-state index contributed by atoms with van der Waals surface area (Å²) in [5.74, 6) is -0.520. The molecule has 6 nitrogen and oxygen atoms in total. The summed E-state index contributed by atoms with van der Waals surface area (Å²) in [6.07, 6.45) is -4.90. The van der Waals surface area contributed by atoms with Crippen LogP contribution < -0.4 is 10.9 Å². The van der Waals surface area contributed by atoms with Crippen molar-refractivity contribution in [1.29, 1.82) is 0 Å². The third-order valence-electron chi connectivity index (χ3n) is 4.45. The van der Waals surface area contributed by atoms with Gasteiger partial charge in [0.05, 0.1) is 11.0 Å². The van der Waals surface area contributed by atoms with E-state index in [-0.39, 0.29) is 11.0 Å². The Morgan fingerprint density at radius 1 is 1.26 bits per heavy atom. The molecule has 0 radical (unpaired) electrons. The molecule has 148 valence electrons. The zero-order valence-corrected chi connectivity index (χ0v) is 15.5. The molecule has 1 aromatic carbocycles. The number of carbonyl (C=O) groups is 1. The van der Waals surface area contributed by atoms with Crippen molar-refractivity contribution >= 4 is 16.9 Å². The van der Waals surface area contributed by atoms with Crippen molar-refractivity contribution in [1.82, 2.24) is 19.8 Å². The van der Waals surface area contributed by atoms with Crippen LogP contribution in [0.2, 0.25) is 0 Å². The van der Waals surface area contributed by atoms with Crippen LogP contribution in [0.15, 0.2) is 29.1 Å². The number of alkyl halides is 3. The van der Waals surface area contributed by atoms with E-state index in [0.29, 0.717) is 13.1 Å². The summed E-state index contributed by atoms with van der Waals surface area (Å²) in [5, 5.41) is 2.69. The molecule has 2 aromatic rings. The lowest BCUT2D eigenvalue weighted by molar-refractivity contribution is -0.142. The van der Waals surface area contributed by atoms with Crippen molar-refractivity contribution in [3.63, 3.8) is 0 Å². The number of halogens is 3. The number of hydrogen-bond donors (Lipinski definition) is 1. The first-order chi connectivity index (χ1) is 12.7. The maximum atomic E-state index is 13.2. The summed E-state index contributed by atoms with van der Waals surface area (Å²) in [5.41, 5.74) is -2.66. The summed E-state index contributed by atoms with van der Waals surface area (Å²) in [7, 11) is 0. The zero-order valence-electron chi connectivity index (χ0n) is 15.5. The van der Waals surface area contributed by atoms with Gasteiger partial charge in [-0.1, -0.05) is 26.0 Å². The lowest BCUT2D eigenvalue weighted by Crippen LogP contribution is -2.41. The van der Waals surface area contributed by atoms with Crippen molar-refractivity contribution in [2.45, 2.75) is 33.0 Å². The highest BCUT2D eigenvalue weighted by Crippen LogP contribution is 2.27. The summed E-state index contributed by atoms with van der Waals surface area (Å²) >= 11 is 0. The normalized spacial score (nSPS) is 13.1. The van der Waals surface area contributed by atoms with E-state index >= 15 is 0 Å². The Hall–Kier alpha value is -2.42. The smallest absolute Gasteiger partial charge is 0.353 e. The number of amides is 1. The minimum Gasteiger partial charge on any atom is -0.353 e. The van der Waals surface area contributed by atoms with Crippen LogP contribution >= 0.6 is 0 Å². The molecule has 0 fully saturated rings. The monoisotopic (exact) mass is 384 g/mol. The van der Waals surface area contributed by atoms with Gasteiger partial charge in [-0.2, -0.15) is 13.2 Å². The van der Waals surface area contributed by atoms with Gasteiger partial charge in [-0.15, -0.1) is 0 Å². The van der Waals surface area contributed by atoms with E-state index in [0.717, 1.165) is 17.7 Å². The molecule has 1 N–H and O–H groups in total. The van der Waals surface area contributed by atoms with Crippen LogP contribution in [0.4, 0.5) is 13.2 Å². The number of rotatable bonds is 7. The van der Waals surface area contributed by atoms with Crippen LogP contribution in [-0.4, -0.2) is 46.5 Å². The van der Waals surface area contributed by atoms with Gasteiger partial charge in [-0.05, 0) is 32.1 Å². The SMILES string of the molecule is CCN(CC)CCNC(=O)[C@@H](C)n1c(=O)c(C(F)(F)F)nc2ccccc21. The predicted molar refractivity (Wildman–Crippen MR) is 96.5 cm³/mol. The maximum absolute atomic E-state index is 13.2. The Morgan fingerprint density at radius 2 is 1.89 bits per heavy atom. The quantitative estimate of drug-likeness (QED) is 0.796. The highest BCUT2D eigenvalue weighted by Gasteiger charge is 2.38. The molecule has 0 unspecified atom stereocenters. The Labute approximate surface area is 155 Å². The summed E-state index contributed by atoms with van der Waals surface area (Å²) in [4.78, 5) is 30.5. The van der Waals surface area contributed by atoms with Crippen LogP contribution in [0.5, 0.6) is 0 Å². The molecule has 0 bridgehead atoms. The van der Waals surface area contributed by atoms with Crippen LogP contribution in [0.25, 0.3) is 11.0 Å². The van der Waals surface area contributed by atoms with Crippen molar-refractivity contribution in [2.75, 3.05) is 26.2 Å². The number of nitrogens with zero attached hydrogens (tertiary/aromatic N) is 3. The highest BCUT2D eigenvalue weighted by atomic mass is 19.4. The van der Waals surface area contributed by atoms with Crippen molar-refractivity contribution in [3.8, 4) is 0 Å². The molecular weight excluding hydrogens is 361 g/mol. The van der Waals surface area contributed by atoms with Gasteiger partial charge in [-0.3, -0.25) is 14.2 Å². The summed E-state index contributed by atoms with van der Waals surface area (Å²) in [6.45, 7) is 8.00. The first-order valence-electron chi connectivity index (χ1n) is 8.79. The number of benzene rings is 1. The minimum atomic E-state index is -4.90. The highest BCUT2D eigenvalue weighted by molar-refractivity contribution is 5.83. The Kier molecular flexibility index (Phi) is 6.59. The van der Waals surface area contributed by atoms with E-state index in [2.05, 4.69) is 15.2 Å². The van der Waals surface area contributed by atoms with Gasteiger partial charge in [0.2, 0.25) is 11.6 Å². The van der Waals surface area contributed by atoms with Gasteiger partial charge >= 0.3 is 6.18 Å². The van der Waals surface area contributed by atoms with E-state index in [1.54, 1.807) is 6.07 Å². The molecule has 0 aliphatic rings. The van der Waals surface area contributed by atoms with Crippen LogP contribution in [-0.2, 0) is 11.0 Å². The van der Waals surface area contributed by atoms with E-state index in [9.17, 15) is 22.8 Å². The molecule has 0 aliphatic heterocycles. The fourth-order valence-corrected chi connectivity index (χ4v) is 2.87. The standard InChI is InChI=1S/C18H23F3N4O2/c1-4-24(5-2)11-10-22-16(26)12(3)25-14-9-7-6-8-13(14)23-15(17(25)27)18(19,20)21/h6-9,12H,4-5,10-11H2,1-3H3,(H,22,26)/t12-/m1/s1. The number of likely N-dealkylation sites (N-methyl/N-ethyl adjacent to an activating group) is 1. The van der Waals surface area contributed by atoms with Crippen molar-refractivity contribution in [2.24, 2.45) is 0 Å². The van der Waals surface area contributed by atoms with Crippen LogP contribution in [0.3, 0.4) is 0 Å². The Bertz CT molecular complexity index is 860. The third-order valence-corrected chi connectivity index (χ3v) is 4.45. The Balaban J connectivity index is 2.37. The molecule has 1 heterocycles. The number of carbonyl (C=O) groups excluding carboxylic acids is 1. The molecule has 1 amide bonds. The lowest BCUT2D eigenvalue weighted by atomic mass is 10.2. The second kappa shape index (κ2) is 8.51. The van der Waals surface area contributed by atoms with Crippen LogP contribution in [0.1, 0.15) is 32.5 Å². The largest absolute Gasteiger partial charge is 0.438 e. The average molecular weight is 384 g/mol. The predicted octanol–water partition coefficient (Wildman–Crippen LogP) is 2.43. The van der Waals surface area contributed by atoms with Crippen molar-refractivity contribution in [3.05, 3.63) is 40.3 Å². The number of hydrogen-bond acceptors (Lipinski definition) is 4. The minimum absolute atomic E-state index is 0.00668. The molecule has 1 atom stereocenters. The van der Waals surface area contributed by atoms with Crippen LogP contribution in [0, 0.1) is 0 Å². The molecule has 9 heteroatoms. The van der Waals surface area contributed by atoms with Crippen molar-refractivity contribution < 1.29 is 18.0 Å². The molecule has 0 saturated carbocycles. The molecule has 27 heavy (non-hydrogen) atoms. The van der Waals surface area contributed by atoms with Gasteiger partial charge in [0.1, 0.15) is 6.04 Å². The first-order valence-corrected chi connectivity index (χ1v) is 8.79. The molecule has 0 saturated heterocycles. The topological polar surface area (TPSA) is 67.2 Å². The molecular formula is C18H23F3N4O2. The van der Waals surface area contributed by atoms with Gasteiger partial charge in [0, 0.05) is 13.1 Å². The summed E-state index contributed by atoms with van der Waals surface area (Å²) < 4.78 is 40.5. The second-order valence-corrected chi connectivity index (χ2v) is 6.12. The third kappa shape index (κ3) is 4.65. The number of fused-ring (bicyclic) bond motifs is 1. The van der Waals surface area contributed by atoms with E-state index in [4.69, 9.17) is 0 Å². The summed E-state index contributed by atoms with van der Waals surface area (Å²) in [6, 6.07) is 4.86. The van der Waals surface area contributed by atoms with E-state index in [1.165, 1.54) is 25.1 Å². The van der Waals surface area contributed by atoms with E-state index in [1.807, 2.05) is 13.8 Å². The van der Waals surface area contributed by atoms with Gasteiger partial charge in [0.25, 0.3) is 5.56 Å². The first kappa shape index (κ1) is 20.9. The zero-order chi connectivity index (χ0) is 20.2. The van der Waals surface area contributed by atoms with Gasteiger partial charge in [-0.25, -0.2) is 4.98 Å². The lowest BCUT2D eigenvalue weighted by Gasteiger charge is -2.21. The van der Waals surface area contributed by atoms with Gasteiger partial charge < -0.3 is 10.2 Å². The Morgan fingerprint density at radius 3 is 2.48 bits per heavy atom. The van der Waals surface area contributed by atoms with E-state index < -0.39 is 29.4 Å². The number of nitrogens with one attached hydrogen (secondary N) is 1. The average Bonchev–Trinajstić information content (AvgIpc) is 2.63. The maximum Gasteiger partial charge on any atom is 0.438 e.